The third kappa shape index (κ3) is 7.24. The molecule has 3 aromatic carbocycles. The lowest BCUT2D eigenvalue weighted by Gasteiger charge is -2.41. The zero-order chi connectivity index (χ0) is 40.8. The van der Waals surface area contributed by atoms with Crippen molar-refractivity contribution in [1.82, 2.24) is 44.8 Å². The van der Waals surface area contributed by atoms with Gasteiger partial charge in [0.2, 0.25) is 17.6 Å². The van der Waals surface area contributed by atoms with Crippen LogP contribution in [0.15, 0.2) is 71.8 Å². The number of nitrogen functional groups attached to an aromatic ring is 1. The zero-order valence-electron chi connectivity index (χ0n) is 32.9. The molecule has 5 N–H and O–H groups in total. The number of nitrogens with zero attached hydrogens (tertiary/aromatic N) is 7. The summed E-state index contributed by atoms with van der Waals surface area (Å²) in [5.41, 5.74) is 10.8. The predicted molar refractivity (Wildman–Crippen MR) is 220 cm³/mol. The van der Waals surface area contributed by atoms with Crippen molar-refractivity contribution < 1.29 is 23.5 Å². The molecule has 306 valence electrons. The molecule has 0 radical (unpaired) electrons. The number of hydrogen-bond acceptors (Lipinski definition) is 12. The van der Waals surface area contributed by atoms with Crippen LogP contribution in [0.2, 0.25) is 0 Å². The summed E-state index contributed by atoms with van der Waals surface area (Å²) in [6.45, 7) is 3.42. The fourth-order valence-corrected chi connectivity index (χ4v) is 8.66. The minimum atomic E-state index is -0.698. The van der Waals surface area contributed by atoms with Crippen LogP contribution >= 0.6 is 0 Å². The van der Waals surface area contributed by atoms with Gasteiger partial charge in [-0.3, -0.25) is 24.0 Å². The molecule has 1 aliphatic carbocycles. The number of anilines is 2. The van der Waals surface area contributed by atoms with Gasteiger partial charge in [0.15, 0.2) is 17.1 Å². The number of piperidine rings is 1. The van der Waals surface area contributed by atoms with Gasteiger partial charge in [0.25, 0.3) is 0 Å². The lowest BCUT2D eigenvalue weighted by Crippen LogP contribution is -2.59. The molecule has 0 spiro atoms. The highest BCUT2D eigenvalue weighted by molar-refractivity contribution is 6.00. The molecule has 2 saturated heterocycles. The molecule has 3 fully saturated rings. The molecule has 1 unspecified atom stereocenters. The van der Waals surface area contributed by atoms with Crippen molar-refractivity contribution in [3.8, 4) is 28.5 Å². The van der Waals surface area contributed by atoms with Crippen LogP contribution in [0, 0.1) is 5.82 Å². The Kier molecular flexibility index (Phi) is 10.2. The number of aromatic nitrogens is 6. The van der Waals surface area contributed by atoms with Crippen molar-refractivity contribution in [1.29, 1.82) is 0 Å². The Morgan fingerprint density at radius 1 is 0.898 bits per heavy atom. The molecular weight excluding hydrogens is 758 g/mol. The summed E-state index contributed by atoms with van der Waals surface area (Å²) in [5, 5.41) is 15.5. The lowest BCUT2D eigenvalue weighted by atomic mass is 9.91. The van der Waals surface area contributed by atoms with Gasteiger partial charge in [0, 0.05) is 63.0 Å². The number of imidazole rings is 1. The summed E-state index contributed by atoms with van der Waals surface area (Å²) in [5.74, 6) is -0.295. The zero-order valence-corrected chi connectivity index (χ0v) is 32.9. The number of nitrogens with one attached hydrogen (secondary N) is 3. The molecule has 6 aromatic rings. The van der Waals surface area contributed by atoms with Gasteiger partial charge in [-0.2, -0.15) is 9.49 Å². The van der Waals surface area contributed by atoms with Crippen LogP contribution < -0.4 is 41.7 Å². The molecule has 1 saturated carbocycles. The number of carbonyl (C=O) groups is 2. The predicted octanol–water partition coefficient (Wildman–Crippen LogP) is 4.20. The van der Waals surface area contributed by atoms with E-state index in [1.165, 1.54) is 24.1 Å². The van der Waals surface area contributed by atoms with Gasteiger partial charge < -0.3 is 30.7 Å². The van der Waals surface area contributed by atoms with E-state index in [4.69, 9.17) is 20.3 Å². The second-order valence-electron chi connectivity index (χ2n) is 15.5. The van der Waals surface area contributed by atoms with Crippen LogP contribution in [0.5, 0.6) is 17.2 Å². The van der Waals surface area contributed by atoms with Crippen molar-refractivity contribution in [2.24, 2.45) is 7.05 Å². The van der Waals surface area contributed by atoms with E-state index >= 15 is 0 Å². The van der Waals surface area contributed by atoms with E-state index in [-0.39, 0.29) is 35.6 Å². The first-order valence-corrected chi connectivity index (χ1v) is 20.0. The molecular formula is C42H46FN11O5. The van der Waals surface area contributed by atoms with Gasteiger partial charge in [-0.1, -0.05) is 6.07 Å². The number of imide groups is 1. The fourth-order valence-electron chi connectivity index (χ4n) is 8.66. The van der Waals surface area contributed by atoms with E-state index < -0.39 is 17.8 Å². The summed E-state index contributed by atoms with van der Waals surface area (Å²) >= 11 is 0. The maximum Gasteiger partial charge on any atom is 0.329 e. The Balaban J connectivity index is 0.763. The van der Waals surface area contributed by atoms with E-state index in [0.717, 1.165) is 68.6 Å². The summed E-state index contributed by atoms with van der Waals surface area (Å²) < 4.78 is 30.7. The minimum Gasteiger partial charge on any atom is -0.494 e. The number of aryl methyl sites for hydroxylation is 1. The number of fused-ring (bicyclic) bond motifs is 2. The second kappa shape index (κ2) is 15.8. The Hall–Kier alpha value is -6.33. The van der Waals surface area contributed by atoms with E-state index in [0.29, 0.717) is 52.3 Å². The summed E-state index contributed by atoms with van der Waals surface area (Å²) in [4.78, 5) is 48.5. The van der Waals surface area contributed by atoms with Gasteiger partial charge in [-0.15, -0.1) is 0 Å². The van der Waals surface area contributed by atoms with Crippen LogP contribution in [0.4, 0.5) is 15.9 Å². The topological polar surface area (TPSA) is 188 Å². The van der Waals surface area contributed by atoms with Gasteiger partial charge in [-0.05, 0) is 86.7 Å². The molecule has 9 rings (SSSR count). The molecule has 2 amide bonds. The van der Waals surface area contributed by atoms with Crippen molar-refractivity contribution in [2.45, 2.75) is 62.7 Å². The highest BCUT2D eigenvalue weighted by atomic mass is 19.1. The highest BCUT2D eigenvalue weighted by Gasteiger charge is 2.33. The molecule has 1 atom stereocenters. The average Bonchev–Trinajstić information content (AvgIpc) is 3.73. The van der Waals surface area contributed by atoms with E-state index in [1.54, 1.807) is 35.9 Å². The van der Waals surface area contributed by atoms with Crippen molar-refractivity contribution in [2.75, 3.05) is 43.9 Å². The van der Waals surface area contributed by atoms with Crippen molar-refractivity contribution >= 4 is 45.4 Å². The number of methoxy groups -OCH3 is 1. The van der Waals surface area contributed by atoms with Crippen LogP contribution in [0.1, 0.15) is 50.6 Å². The average molecular weight is 804 g/mol. The fraction of sp³-hybridized carbons (Fsp3) is 0.381. The van der Waals surface area contributed by atoms with Gasteiger partial charge in [0.1, 0.15) is 29.6 Å². The maximum atomic E-state index is 14.7. The smallest absolute Gasteiger partial charge is 0.329 e. The molecule has 16 nitrogen and oxygen atoms in total. The van der Waals surface area contributed by atoms with E-state index in [1.807, 2.05) is 35.0 Å². The number of benzene rings is 3. The summed E-state index contributed by atoms with van der Waals surface area (Å²) in [6.07, 6.45) is 5.88. The third-order valence-corrected chi connectivity index (χ3v) is 11.9. The Morgan fingerprint density at radius 3 is 2.39 bits per heavy atom. The number of halogens is 1. The second-order valence-corrected chi connectivity index (χ2v) is 15.5. The van der Waals surface area contributed by atoms with Crippen LogP contribution in [0.25, 0.3) is 33.3 Å². The minimum absolute atomic E-state index is 0.0708. The van der Waals surface area contributed by atoms with E-state index in [2.05, 4.69) is 30.8 Å². The number of carbonyl (C=O) groups excluding carboxylic acids is 2. The van der Waals surface area contributed by atoms with Crippen LogP contribution in [0.3, 0.4) is 0 Å². The Bertz CT molecular complexity index is 2610. The van der Waals surface area contributed by atoms with Crippen LogP contribution in [-0.4, -0.2) is 86.1 Å². The SMILES string of the molecule is COc1cccc(Oc2ccc(-c3nn(C4CCC(NCCNC5CN(c6ccc7c(c6)n(C)c(=O)n7C6CCC(=O)NC6=O)C5)CC4)c4ncnc(N)c34)cc2)c1F. The summed E-state index contributed by atoms with van der Waals surface area (Å²) in [6, 6.07) is 18.2. The summed E-state index contributed by atoms with van der Waals surface area (Å²) in [7, 11) is 3.13. The standard InChI is InChI=1S/C42H46FN11O5/c1-51-32-20-28(12-15-30(32)53(42(51)57)31-16-17-35(55)49-41(31)56)52-21-26(22-52)46-19-18-45-25-8-10-27(11-9-25)54-40-36(39(44)47-23-48-40)38(50-54)24-6-13-29(14-7-24)59-34-5-3-4-33(58-2)37(34)43/h3-7,12-15,20,23,25-27,31,45-46H,8-11,16-19,21-22H2,1-2H3,(H2,44,47,48)(H,49,55,56). The van der Waals surface area contributed by atoms with Crippen LogP contribution in [-0.2, 0) is 16.6 Å². The van der Waals surface area contributed by atoms with Crippen molar-refractivity contribution in [3.05, 3.63) is 83.3 Å². The highest BCUT2D eigenvalue weighted by Crippen LogP contribution is 2.37. The van der Waals surface area contributed by atoms with Gasteiger partial charge >= 0.3 is 5.69 Å². The molecule has 0 bridgehead atoms. The Labute approximate surface area is 338 Å². The molecule has 3 aromatic heterocycles. The number of ether oxygens (including phenoxy) is 2. The molecule has 17 heteroatoms. The van der Waals surface area contributed by atoms with E-state index in [9.17, 15) is 18.8 Å². The van der Waals surface area contributed by atoms with Gasteiger partial charge in [0.05, 0.1) is 29.6 Å². The first-order valence-electron chi connectivity index (χ1n) is 20.0. The maximum absolute atomic E-state index is 14.7. The molecule has 2 aliphatic heterocycles. The van der Waals surface area contributed by atoms with Crippen molar-refractivity contribution in [3.63, 3.8) is 0 Å². The largest absolute Gasteiger partial charge is 0.494 e. The first-order chi connectivity index (χ1) is 28.7. The molecule has 59 heavy (non-hydrogen) atoms. The molecule has 3 aliphatic rings. The lowest BCUT2D eigenvalue weighted by molar-refractivity contribution is -0.135. The Morgan fingerprint density at radius 2 is 1.64 bits per heavy atom. The normalized spacial score (nSPS) is 19.9. The first kappa shape index (κ1) is 38.2. The number of nitrogens with two attached hydrogens (primary N) is 1. The molecule has 5 heterocycles. The third-order valence-electron chi connectivity index (χ3n) is 11.9. The number of rotatable bonds is 12. The number of hydrogen-bond donors (Lipinski definition) is 4. The number of amides is 2. The monoisotopic (exact) mass is 803 g/mol. The quantitative estimate of drug-likeness (QED) is 0.102. The van der Waals surface area contributed by atoms with Gasteiger partial charge in [-0.25, -0.2) is 19.4 Å².